The lowest BCUT2D eigenvalue weighted by atomic mass is 10.2. The number of nitrogens with zero attached hydrogens (tertiary/aromatic N) is 1. The molecule has 9 heavy (non-hydrogen) atoms. The molecule has 2 atom stereocenters. The standard InChI is InChI=1S/C6H10INO/c1-2-6(8-9)3-5(6)4-7/h5H,2-4H2,1H3. The molecule has 1 aliphatic carbocycles. The molecule has 0 saturated heterocycles. The zero-order valence-electron chi connectivity index (χ0n) is 5.43. The van der Waals surface area contributed by atoms with Crippen LogP contribution in [0.2, 0.25) is 0 Å². The number of rotatable bonds is 3. The molecule has 1 aliphatic rings. The number of nitroso groups, excluding NO2 is 1. The van der Waals surface area contributed by atoms with Gasteiger partial charge in [0.1, 0.15) is 5.54 Å². The smallest absolute Gasteiger partial charge is 0.106 e. The molecule has 0 radical (unpaired) electrons. The summed E-state index contributed by atoms with van der Waals surface area (Å²) in [5.41, 5.74) is -0.138. The first-order chi connectivity index (χ1) is 4.29. The van der Waals surface area contributed by atoms with Crippen LogP contribution in [0.1, 0.15) is 19.8 Å². The maximum Gasteiger partial charge on any atom is 0.106 e. The van der Waals surface area contributed by atoms with Crippen LogP contribution in [0, 0.1) is 10.8 Å². The van der Waals surface area contributed by atoms with Gasteiger partial charge in [-0.25, -0.2) is 0 Å². The fourth-order valence-corrected chi connectivity index (χ4v) is 2.31. The van der Waals surface area contributed by atoms with E-state index in [-0.39, 0.29) is 5.54 Å². The van der Waals surface area contributed by atoms with E-state index in [1.54, 1.807) is 0 Å². The molecule has 0 aromatic rings. The predicted molar refractivity (Wildman–Crippen MR) is 45.8 cm³/mol. The van der Waals surface area contributed by atoms with Crippen LogP contribution in [-0.2, 0) is 0 Å². The van der Waals surface area contributed by atoms with Gasteiger partial charge in [0.25, 0.3) is 0 Å². The molecule has 0 heterocycles. The molecule has 1 fully saturated rings. The Morgan fingerprint density at radius 2 is 2.56 bits per heavy atom. The highest BCUT2D eigenvalue weighted by molar-refractivity contribution is 14.1. The highest BCUT2D eigenvalue weighted by Crippen LogP contribution is 2.50. The third kappa shape index (κ3) is 1.11. The highest BCUT2D eigenvalue weighted by atomic mass is 127. The summed E-state index contributed by atoms with van der Waals surface area (Å²) in [7, 11) is 0. The number of halogens is 1. The van der Waals surface area contributed by atoms with Crippen LogP contribution in [0.3, 0.4) is 0 Å². The molecule has 1 saturated carbocycles. The summed E-state index contributed by atoms with van der Waals surface area (Å²) >= 11 is 2.31. The summed E-state index contributed by atoms with van der Waals surface area (Å²) in [5.74, 6) is 0.584. The maximum atomic E-state index is 10.2. The quantitative estimate of drug-likeness (QED) is 0.422. The van der Waals surface area contributed by atoms with Crippen LogP contribution in [0.15, 0.2) is 5.18 Å². The Morgan fingerprint density at radius 1 is 1.89 bits per heavy atom. The Labute approximate surface area is 68.5 Å². The van der Waals surface area contributed by atoms with Crippen molar-refractivity contribution in [2.24, 2.45) is 11.1 Å². The number of alkyl halides is 1. The van der Waals surface area contributed by atoms with Crippen molar-refractivity contribution in [2.45, 2.75) is 25.3 Å². The van der Waals surface area contributed by atoms with Gasteiger partial charge in [-0.05, 0) is 18.8 Å². The molecule has 1 rings (SSSR count). The minimum Gasteiger partial charge on any atom is -0.150 e. The molecule has 2 nitrogen and oxygen atoms in total. The first kappa shape index (κ1) is 7.44. The Kier molecular flexibility index (Phi) is 2.08. The van der Waals surface area contributed by atoms with Gasteiger partial charge in [-0.15, -0.1) is 0 Å². The summed E-state index contributed by atoms with van der Waals surface area (Å²) < 4.78 is 1.08. The zero-order chi connectivity index (χ0) is 6.91. The minimum atomic E-state index is -0.138. The molecule has 52 valence electrons. The Balaban J connectivity index is 2.46. The van der Waals surface area contributed by atoms with E-state index >= 15 is 0 Å². The van der Waals surface area contributed by atoms with Crippen molar-refractivity contribution in [1.29, 1.82) is 0 Å². The van der Waals surface area contributed by atoms with Gasteiger partial charge in [0.2, 0.25) is 0 Å². The van der Waals surface area contributed by atoms with Gasteiger partial charge in [0, 0.05) is 4.43 Å². The molecule has 0 amide bonds. The number of hydrogen-bond donors (Lipinski definition) is 0. The molecule has 0 aromatic carbocycles. The van der Waals surface area contributed by atoms with Crippen molar-refractivity contribution in [3.05, 3.63) is 4.91 Å². The second-order valence-corrected chi connectivity index (χ2v) is 3.48. The van der Waals surface area contributed by atoms with E-state index in [0.29, 0.717) is 5.92 Å². The average Bonchev–Trinajstić information content (AvgIpc) is 2.63. The predicted octanol–water partition coefficient (Wildman–Crippen LogP) is 2.36. The molecular formula is C6H10INO. The topological polar surface area (TPSA) is 29.4 Å². The van der Waals surface area contributed by atoms with Crippen LogP contribution in [0.4, 0.5) is 0 Å². The highest BCUT2D eigenvalue weighted by Gasteiger charge is 2.53. The van der Waals surface area contributed by atoms with Crippen LogP contribution in [0.5, 0.6) is 0 Å². The van der Waals surface area contributed by atoms with Gasteiger partial charge >= 0.3 is 0 Å². The van der Waals surface area contributed by atoms with Crippen molar-refractivity contribution >= 4 is 22.6 Å². The SMILES string of the molecule is CCC1(N=O)CC1CI. The molecule has 0 aliphatic heterocycles. The van der Waals surface area contributed by atoms with Crippen LogP contribution in [-0.4, -0.2) is 9.97 Å². The molecule has 3 heteroatoms. The van der Waals surface area contributed by atoms with E-state index in [1.807, 2.05) is 6.92 Å². The monoisotopic (exact) mass is 239 g/mol. The van der Waals surface area contributed by atoms with Crippen LogP contribution >= 0.6 is 22.6 Å². The summed E-state index contributed by atoms with van der Waals surface area (Å²) in [6, 6.07) is 0. The summed E-state index contributed by atoms with van der Waals surface area (Å²) in [5, 5.41) is 3.15. The molecular weight excluding hydrogens is 229 g/mol. The molecule has 0 N–H and O–H groups in total. The lowest BCUT2D eigenvalue weighted by Crippen LogP contribution is -2.05. The van der Waals surface area contributed by atoms with E-state index in [0.717, 1.165) is 17.3 Å². The Bertz CT molecular complexity index is 128. The maximum absolute atomic E-state index is 10.2. The fraction of sp³-hybridized carbons (Fsp3) is 1.00. The summed E-state index contributed by atoms with van der Waals surface area (Å²) in [4.78, 5) is 10.2. The Hall–Kier alpha value is 0.330. The zero-order valence-corrected chi connectivity index (χ0v) is 7.59. The van der Waals surface area contributed by atoms with Gasteiger partial charge in [0.05, 0.1) is 0 Å². The van der Waals surface area contributed by atoms with Gasteiger partial charge in [-0.3, -0.25) is 0 Å². The van der Waals surface area contributed by atoms with Crippen molar-refractivity contribution in [3.8, 4) is 0 Å². The van der Waals surface area contributed by atoms with Gasteiger partial charge in [-0.1, -0.05) is 34.7 Å². The van der Waals surface area contributed by atoms with Crippen LogP contribution in [0.25, 0.3) is 0 Å². The second-order valence-electron chi connectivity index (χ2n) is 2.60. The molecule has 0 bridgehead atoms. The molecule has 0 aromatic heterocycles. The van der Waals surface area contributed by atoms with E-state index < -0.39 is 0 Å². The van der Waals surface area contributed by atoms with Crippen molar-refractivity contribution in [3.63, 3.8) is 0 Å². The average molecular weight is 239 g/mol. The fourth-order valence-electron chi connectivity index (χ4n) is 1.18. The van der Waals surface area contributed by atoms with Crippen molar-refractivity contribution in [2.75, 3.05) is 4.43 Å². The minimum absolute atomic E-state index is 0.138. The van der Waals surface area contributed by atoms with Gasteiger partial charge in [-0.2, -0.15) is 4.91 Å². The molecule has 0 spiro atoms. The summed E-state index contributed by atoms with van der Waals surface area (Å²) in [6.45, 7) is 2.04. The van der Waals surface area contributed by atoms with Crippen LogP contribution < -0.4 is 0 Å². The van der Waals surface area contributed by atoms with Gasteiger partial charge < -0.3 is 0 Å². The van der Waals surface area contributed by atoms with E-state index in [2.05, 4.69) is 27.8 Å². The van der Waals surface area contributed by atoms with Crippen molar-refractivity contribution in [1.82, 2.24) is 0 Å². The summed E-state index contributed by atoms with van der Waals surface area (Å²) in [6.07, 6.45) is 1.94. The lowest BCUT2D eigenvalue weighted by Gasteiger charge is -1.99. The normalized spacial score (nSPS) is 40.4. The second kappa shape index (κ2) is 2.52. The van der Waals surface area contributed by atoms with E-state index in [9.17, 15) is 4.91 Å². The Morgan fingerprint density at radius 3 is 2.67 bits per heavy atom. The third-order valence-electron chi connectivity index (χ3n) is 2.18. The molecule has 2 unspecified atom stereocenters. The largest absolute Gasteiger partial charge is 0.150 e. The third-order valence-corrected chi connectivity index (χ3v) is 3.24. The van der Waals surface area contributed by atoms with E-state index in [1.165, 1.54) is 0 Å². The lowest BCUT2D eigenvalue weighted by molar-refractivity contribution is 0.601. The number of hydrogen-bond acceptors (Lipinski definition) is 2. The first-order valence-electron chi connectivity index (χ1n) is 3.19. The van der Waals surface area contributed by atoms with E-state index in [4.69, 9.17) is 0 Å². The van der Waals surface area contributed by atoms with Gasteiger partial charge in [0.15, 0.2) is 0 Å². The first-order valence-corrected chi connectivity index (χ1v) is 4.72. The van der Waals surface area contributed by atoms with Crippen molar-refractivity contribution < 1.29 is 0 Å².